The van der Waals surface area contributed by atoms with Gasteiger partial charge in [0.2, 0.25) is 0 Å². The van der Waals surface area contributed by atoms with E-state index in [-0.39, 0.29) is 5.75 Å². The molecule has 2 aromatic rings. The first-order chi connectivity index (χ1) is 6.86. The molecule has 0 unspecified atom stereocenters. The molecule has 0 atom stereocenters. The summed E-state index contributed by atoms with van der Waals surface area (Å²) < 4.78 is 3.96. The Hall–Kier alpha value is -1.75. The van der Waals surface area contributed by atoms with Crippen LogP contribution in [0.25, 0.3) is 0 Å². The van der Waals surface area contributed by atoms with E-state index in [1.807, 2.05) is 5.38 Å². The van der Waals surface area contributed by atoms with Crippen LogP contribution in [0.15, 0.2) is 45.9 Å². The first-order valence-electron chi connectivity index (χ1n) is 3.96. The van der Waals surface area contributed by atoms with Crippen LogP contribution in [-0.2, 0) is 0 Å². The molecule has 0 spiro atoms. The second-order valence-electron chi connectivity index (χ2n) is 2.55. The minimum Gasteiger partial charge on any atom is -0.506 e. The first kappa shape index (κ1) is 8.83. The molecule has 0 amide bonds. The normalized spacial score (nSPS) is 10.9. The summed E-state index contributed by atoms with van der Waals surface area (Å²) in [6, 6.07) is 8.53. The predicted molar refractivity (Wildman–Crippen MR) is 54.4 cm³/mol. The highest BCUT2D eigenvalue weighted by Crippen LogP contribution is 2.26. The molecule has 4 nitrogen and oxygen atoms in total. The Kier molecular flexibility index (Phi) is 2.51. The second kappa shape index (κ2) is 3.97. The minimum absolute atomic E-state index is 0.117. The largest absolute Gasteiger partial charge is 0.506 e. The topological polar surface area (TPSA) is 57.8 Å². The van der Waals surface area contributed by atoms with Gasteiger partial charge < -0.3 is 5.11 Å². The number of rotatable bonds is 2. The first-order valence-corrected chi connectivity index (χ1v) is 4.80. The van der Waals surface area contributed by atoms with Gasteiger partial charge in [-0.1, -0.05) is 12.1 Å². The molecule has 14 heavy (non-hydrogen) atoms. The number of nitrogens with zero attached hydrogens (tertiary/aromatic N) is 3. The van der Waals surface area contributed by atoms with E-state index in [1.165, 1.54) is 11.5 Å². The molecule has 5 heteroatoms. The lowest BCUT2D eigenvalue weighted by Gasteiger charge is -1.93. The number of aromatic nitrogens is 1. The second-order valence-corrected chi connectivity index (χ2v) is 3.21. The van der Waals surface area contributed by atoms with Gasteiger partial charge in [-0.05, 0) is 29.7 Å². The van der Waals surface area contributed by atoms with Crippen LogP contribution in [0.3, 0.4) is 0 Å². The van der Waals surface area contributed by atoms with E-state index in [0.29, 0.717) is 11.5 Å². The Morgan fingerprint density at radius 3 is 2.71 bits per heavy atom. The van der Waals surface area contributed by atoms with Crippen LogP contribution in [-0.4, -0.2) is 9.48 Å². The maximum atomic E-state index is 9.37. The number of aromatic hydroxyl groups is 1. The average Bonchev–Trinajstić information content (AvgIpc) is 2.69. The van der Waals surface area contributed by atoms with Crippen LogP contribution in [0.1, 0.15) is 0 Å². The fraction of sp³-hybridized carbons (Fsp3) is 0. The third kappa shape index (κ3) is 1.94. The fourth-order valence-electron chi connectivity index (χ4n) is 0.912. The lowest BCUT2D eigenvalue weighted by Crippen LogP contribution is -1.65. The Bertz CT molecular complexity index is 439. The van der Waals surface area contributed by atoms with Gasteiger partial charge in [0.05, 0.1) is 0 Å². The maximum Gasteiger partial charge on any atom is 0.187 e. The van der Waals surface area contributed by atoms with E-state index in [9.17, 15) is 5.11 Å². The summed E-state index contributed by atoms with van der Waals surface area (Å²) in [5.41, 5.74) is 0.445. The smallest absolute Gasteiger partial charge is 0.187 e. The molecule has 0 aliphatic heterocycles. The summed E-state index contributed by atoms with van der Waals surface area (Å²) in [5.74, 6) is 0.671. The molecule has 0 bridgehead atoms. The molecular formula is C9H7N3OS. The predicted octanol–water partition coefficient (Wildman–Crippen LogP) is 3.26. The number of hydrogen-bond acceptors (Lipinski definition) is 5. The van der Waals surface area contributed by atoms with Crippen molar-refractivity contribution in [3.63, 3.8) is 0 Å². The standard InChI is InChI=1S/C9H7N3OS/c13-8-4-2-1-3-7(8)10-11-9-5-6-14-12-9/h1-6,13H/b11-10+. The molecule has 0 saturated carbocycles. The average molecular weight is 205 g/mol. The lowest BCUT2D eigenvalue weighted by atomic mass is 10.3. The van der Waals surface area contributed by atoms with Crippen molar-refractivity contribution in [3.05, 3.63) is 35.7 Å². The molecule has 0 aliphatic carbocycles. The number of para-hydroxylation sites is 1. The van der Waals surface area contributed by atoms with E-state index >= 15 is 0 Å². The minimum atomic E-state index is 0.117. The van der Waals surface area contributed by atoms with Gasteiger partial charge in [0.25, 0.3) is 0 Å². The van der Waals surface area contributed by atoms with Gasteiger partial charge in [0, 0.05) is 5.38 Å². The highest BCUT2D eigenvalue weighted by atomic mass is 32.1. The van der Waals surface area contributed by atoms with Crippen molar-refractivity contribution in [1.82, 2.24) is 4.37 Å². The fourth-order valence-corrected chi connectivity index (χ4v) is 1.36. The molecule has 0 aliphatic rings. The van der Waals surface area contributed by atoms with Crippen LogP contribution in [0, 0.1) is 0 Å². The van der Waals surface area contributed by atoms with Crippen LogP contribution in [0.4, 0.5) is 11.5 Å². The van der Waals surface area contributed by atoms with Gasteiger partial charge in [0.15, 0.2) is 5.82 Å². The Labute approximate surface area is 84.7 Å². The van der Waals surface area contributed by atoms with Crippen molar-refractivity contribution in [2.45, 2.75) is 0 Å². The van der Waals surface area contributed by atoms with Crippen LogP contribution in [0.2, 0.25) is 0 Å². The van der Waals surface area contributed by atoms with Crippen LogP contribution < -0.4 is 0 Å². The molecule has 1 aromatic carbocycles. The number of phenolic OH excluding ortho intramolecular Hbond substituents is 1. The van der Waals surface area contributed by atoms with Crippen molar-refractivity contribution < 1.29 is 5.11 Å². The van der Waals surface area contributed by atoms with Crippen molar-refractivity contribution >= 4 is 23.0 Å². The summed E-state index contributed by atoms with van der Waals surface area (Å²) in [6.45, 7) is 0. The summed E-state index contributed by atoms with van der Waals surface area (Å²) in [5, 5.41) is 18.9. The summed E-state index contributed by atoms with van der Waals surface area (Å²) in [6.07, 6.45) is 0. The van der Waals surface area contributed by atoms with Crippen LogP contribution in [0.5, 0.6) is 5.75 Å². The SMILES string of the molecule is Oc1ccccc1/N=N/c1ccsn1. The zero-order chi connectivity index (χ0) is 9.80. The molecule has 0 fully saturated rings. The van der Waals surface area contributed by atoms with E-state index in [2.05, 4.69) is 14.6 Å². The van der Waals surface area contributed by atoms with Gasteiger partial charge in [-0.25, -0.2) is 0 Å². The highest BCUT2D eigenvalue weighted by Gasteiger charge is 1.96. The zero-order valence-corrected chi connectivity index (χ0v) is 7.98. The Morgan fingerprint density at radius 2 is 2.00 bits per heavy atom. The van der Waals surface area contributed by atoms with Crippen molar-refractivity contribution in [2.75, 3.05) is 0 Å². The molecule has 1 N–H and O–H groups in total. The van der Waals surface area contributed by atoms with E-state index < -0.39 is 0 Å². The third-order valence-corrected chi connectivity index (χ3v) is 2.12. The van der Waals surface area contributed by atoms with Crippen molar-refractivity contribution in [1.29, 1.82) is 0 Å². The van der Waals surface area contributed by atoms with Gasteiger partial charge in [-0.3, -0.25) is 0 Å². The summed E-state index contributed by atoms with van der Waals surface area (Å²) in [7, 11) is 0. The molecule has 70 valence electrons. The summed E-state index contributed by atoms with van der Waals surface area (Å²) >= 11 is 1.31. The molecule has 1 heterocycles. The van der Waals surface area contributed by atoms with Gasteiger partial charge in [0.1, 0.15) is 11.4 Å². The van der Waals surface area contributed by atoms with Crippen LogP contribution >= 0.6 is 11.5 Å². The Morgan fingerprint density at radius 1 is 1.14 bits per heavy atom. The van der Waals surface area contributed by atoms with E-state index in [1.54, 1.807) is 30.3 Å². The van der Waals surface area contributed by atoms with Crippen molar-refractivity contribution in [3.8, 4) is 5.75 Å². The molecular weight excluding hydrogens is 198 g/mol. The molecule has 2 rings (SSSR count). The van der Waals surface area contributed by atoms with Gasteiger partial charge in [-0.2, -0.15) is 4.37 Å². The van der Waals surface area contributed by atoms with E-state index in [4.69, 9.17) is 0 Å². The van der Waals surface area contributed by atoms with Gasteiger partial charge in [-0.15, -0.1) is 10.2 Å². The summed E-state index contributed by atoms with van der Waals surface area (Å²) in [4.78, 5) is 0. The van der Waals surface area contributed by atoms with Gasteiger partial charge >= 0.3 is 0 Å². The molecule has 0 saturated heterocycles. The lowest BCUT2D eigenvalue weighted by molar-refractivity contribution is 0.476. The quantitative estimate of drug-likeness (QED) is 0.765. The zero-order valence-electron chi connectivity index (χ0n) is 7.16. The number of azo groups is 1. The molecule has 1 aromatic heterocycles. The maximum absolute atomic E-state index is 9.37. The highest BCUT2D eigenvalue weighted by molar-refractivity contribution is 7.03. The monoisotopic (exact) mass is 205 g/mol. The number of phenols is 1. The Balaban J connectivity index is 2.23. The van der Waals surface area contributed by atoms with E-state index in [0.717, 1.165) is 0 Å². The number of hydrogen-bond donors (Lipinski definition) is 1. The third-order valence-electron chi connectivity index (χ3n) is 1.57. The number of benzene rings is 1. The molecule has 0 radical (unpaired) electrons. The van der Waals surface area contributed by atoms with Crippen molar-refractivity contribution in [2.24, 2.45) is 10.2 Å².